The SMILES string of the molecule is CCC(CC)Nc1ccc(C(N)=S)cc1F. The Morgan fingerprint density at radius 1 is 1.44 bits per heavy atom. The molecule has 0 spiro atoms. The molecule has 88 valence electrons. The van der Waals surface area contributed by atoms with E-state index in [1.807, 2.05) is 0 Å². The molecule has 0 aliphatic rings. The van der Waals surface area contributed by atoms with Gasteiger partial charge >= 0.3 is 0 Å². The summed E-state index contributed by atoms with van der Waals surface area (Å²) in [6.07, 6.45) is 1.93. The molecule has 0 unspecified atom stereocenters. The standard InChI is InChI=1S/C12H17FN2S/c1-3-9(4-2)15-11-6-5-8(12(14)16)7-10(11)13/h5-7,9,15H,3-4H2,1-2H3,(H2,14,16). The van der Waals surface area contributed by atoms with Gasteiger partial charge in [-0.05, 0) is 31.0 Å². The predicted molar refractivity (Wildman–Crippen MR) is 70.3 cm³/mol. The minimum absolute atomic E-state index is 0.216. The summed E-state index contributed by atoms with van der Waals surface area (Å²) in [5, 5.41) is 3.15. The second-order valence-corrected chi connectivity index (χ2v) is 4.16. The smallest absolute Gasteiger partial charge is 0.146 e. The van der Waals surface area contributed by atoms with Crippen molar-refractivity contribution in [3.63, 3.8) is 0 Å². The fourth-order valence-corrected chi connectivity index (χ4v) is 1.63. The van der Waals surface area contributed by atoms with Crippen molar-refractivity contribution in [3.05, 3.63) is 29.6 Å². The lowest BCUT2D eigenvalue weighted by atomic mass is 10.1. The maximum atomic E-state index is 13.7. The third-order valence-corrected chi connectivity index (χ3v) is 2.83. The molecule has 0 saturated carbocycles. The number of hydrogen-bond donors (Lipinski definition) is 2. The van der Waals surface area contributed by atoms with E-state index in [4.69, 9.17) is 18.0 Å². The van der Waals surface area contributed by atoms with E-state index in [1.165, 1.54) is 6.07 Å². The molecule has 2 nitrogen and oxygen atoms in total. The van der Waals surface area contributed by atoms with Crippen molar-refractivity contribution >= 4 is 22.9 Å². The molecule has 16 heavy (non-hydrogen) atoms. The van der Waals surface area contributed by atoms with Gasteiger partial charge in [0, 0.05) is 11.6 Å². The minimum atomic E-state index is -0.308. The number of halogens is 1. The van der Waals surface area contributed by atoms with E-state index in [0.717, 1.165) is 12.8 Å². The van der Waals surface area contributed by atoms with Crippen LogP contribution in [0, 0.1) is 5.82 Å². The molecule has 1 aromatic carbocycles. The van der Waals surface area contributed by atoms with Gasteiger partial charge in [-0.15, -0.1) is 0 Å². The van der Waals surface area contributed by atoms with E-state index in [2.05, 4.69) is 19.2 Å². The third kappa shape index (κ3) is 3.17. The summed E-state index contributed by atoms with van der Waals surface area (Å²) in [5.41, 5.74) is 6.50. The summed E-state index contributed by atoms with van der Waals surface area (Å²) in [5.74, 6) is -0.308. The predicted octanol–water partition coefficient (Wildman–Crippen LogP) is 3.06. The zero-order valence-corrected chi connectivity index (χ0v) is 10.4. The van der Waals surface area contributed by atoms with Crippen LogP contribution in [0.2, 0.25) is 0 Å². The molecule has 1 rings (SSSR count). The zero-order valence-electron chi connectivity index (χ0n) is 9.59. The van der Waals surface area contributed by atoms with Gasteiger partial charge in [-0.2, -0.15) is 0 Å². The van der Waals surface area contributed by atoms with E-state index in [1.54, 1.807) is 12.1 Å². The van der Waals surface area contributed by atoms with Gasteiger partial charge in [0.25, 0.3) is 0 Å². The first-order chi connectivity index (χ1) is 7.58. The van der Waals surface area contributed by atoms with E-state index in [-0.39, 0.29) is 10.8 Å². The van der Waals surface area contributed by atoms with Crippen LogP contribution in [0.5, 0.6) is 0 Å². The molecule has 0 radical (unpaired) electrons. The number of hydrogen-bond acceptors (Lipinski definition) is 2. The van der Waals surface area contributed by atoms with E-state index < -0.39 is 0 Å². The summed E-state index contributed by atoms with van der Waals surface area (Å²) in [7, 11) is 0. The zero-order chi connectivity index (χ0) is 12.1. The van der Waals surface area contributed by atoms with Crippen LogP contribution in [-0.2, 0) is 0 Å². The third-order valence-electron chi connectivity index (χ3n) is 2.60. The average Bonchev–Trinajstić information content (AvgIpc) is 2.27. The van der Waals surface area contributed by atoms with Crippen LogP contribution in [0.1, 0.15) is 32.3 Å². The summed E-state index contributed by atoms with van der Waals surface area (Å²) >= 11 is 4.79. The van der Waals surface area contributed by atoms with Gasteiger partial charge < -0.3 is 11.1 Å². The van der Waals surface area contributed by atoms with Crippen LogP contribution in [0.25, 0.3) is 0 Å². The molecule has 1 aromatic rings. The highest BCUT2D eigenvalue weighted by atomic mass is 32.1. The molecule has 0 heterocycles. The monoisotopic (exact) mass is 240 g/mol. The number of thiocarbonyl (C=S) groups is 1. The van der Waals surface area contributed by atoms with Gasteiger partial charge in [0.05, 0.1) is 5.69 Å². The van der Waals surface area contributed by atoms with Crippen molar-refractivity contribution in [2.24, 2.45) is 5.73 Å². The van der Waals surface area contributed by atoms with Gasteiger partial charge in [0.15, 0.2) is 0 Å². The maximum absolute atomic E-state index is 13.7. The molecular formula is C12H17FN2S. The highest BCUT2D eigenvalue weighted by molar-refractivity contribution is 7.80. The fourth-order valence-electron chi connectivity index (χ4n) is 1.50. The Balaban J connectivity index is 2.86. The molecule has 0 aromatic heterocycles. The first-order valence-corrected chi connectivity index (χ1v) is 5.85. The van der Waals surface area contributed by atoms with Crippen LogP contribution in [0.15, 0.2) is 18.2 Å². The van der Waals surface area contributed by atoms with Crippen LogP contribution < -0.4 is 11.1 Å². The summed E-state index contributed by atoms with van der Waals surface area (Å²) in [6, 6.07) is 5.08. The molecule has 0 fully saturated rings. The lowest BCUT2D eigenvalue weighted by Crippen LogP contribution is -2.18. The van der Waals surface area contributed by atoms with Gasteiger partial charge in [-0.25, -0.2) is 4.39 Å². The van der Waals surface area contributed by atoms with Gasteiger partial charge in [0.2, 0.25) is 0 Å². The minimum Gasteiger partial charge on any atom is -0.389 e. The highest BCUT2D eigenvalue weighted by Crippen LogP contribution is 2.18. The van der Waals surface area contributed by atoms with Crippen molar-refractivity contribution in [3.8, 4) is 0 Å². The summed E-state index contributed by atoms with van der Waals surface area (Å²) < 4.78 is 13.7. The number of nitrogens with two attached hydrogens (primary N) is 1. The normalized spacial score (nSPS) is 10.5. The number of nitrogens with one attached hydrogen (secondary N) is 1. The number of rotatable bonds is 5. The topological polar surface area (TPSA) is 38.0 Å². The molecule has 0 aliphatic heterocycles. The van der Waals surface area contributed by atoms with E-state index in [0.29, 0.717) is 17.3 Å². The van der Waals surface area contributed by atoms with Gasteiger partial charge in [-0.3, -0.25) is 0 Å². The molecular weight excluding hydrogens is 223 g/mol. The Kier molecular flexibility index (Phi) is 4.68. The molecule has 0 saturated heterocycles. The Labute approximate surface area is 101 Å². The average molecular weight is 240 g/mol. The molecule has 0 amide bonds. The van der Waals surface area contributed by atoms with Crippen LogP contribution in [0.3, 0.4) is 0 Å². The Morgan fingerprint density at radius 3 is 2.50 bits per heavy atom. The van der Waals surface area contributed by atoms with E-state index >= 15 is 0 Å². The highest BCUT2D eigenvalue weighted by Gasteiger charge is 2.08. The second-order valence-electron chi connectivity index (χ2n) is 3.72. The van der Waals surface area contributed by atoms with Crippen LogP contribution in [0.4, 0.5) is 10.1 Å². The van der Waals surface area contributed by atoms with E-state index in [9.17, 15) is 4.39 Å². The second kappa shape index (κ2) is 5.80. The Bertz CT molecular complexity index is 375. The van der Waals surface area contributed by atoms with Crippen molar-refractivity contribution in [2.45, 2.75) is 32.7 Å². The largest absolute Gasteiger partial charge is 0.389 e. The Morgan fingerprint density at radius 2 is 2.06 bits per heavy atom. The molecule has 0 aliphatic carbocycles. The number of benzene rings is 1. The lowest BCUT2D eigenvalue weighted by Gasteiger charge is -2.17. The first-order valence-electron chi connectivity index (χ1n) is 5.44. The fraction of sp³-hybridized carbons (Fsp3) is 0.417. The molecule has 4 heteroatoms. The lowest BCUT2D eigenvalue weighted by molar-refractivity contribution is 0.615. The van der Waals surface area contributed by atoms with Crippen LogP contribution >= 0.6 is 12.2 Å². The van der Waals surface area contributed by atoms with Crippen molar-refractivity contribution in [2.75, 3.05) is 5.32 Å². The summed E-state index contributed by atoms with van der Waals surface area (Å²) in [6.45, 7) is 4.14. The maximum Gasteiger partial charge on any atom is 0.146 e. The van der Waals surface area contributed by atoms with Crippen LogP contribution in [-0.4, -0.2) is 11.0 Å². The summed E-state index contributed by atoms with van der Waals surface area (Å²) in [4.78, 5) is 0.216. The molecule has 0 atom stereocenters. The van der Waals surface area contributed by atoms with Crippen molar-refractivity contribution < 1.29 is 4.39 Å². The quantitative estimate of drug-likeness (QED) is 0.777. The van der Waals surface area contributed by atoms with Gasteiger partial charge in [-0.1, -0.05) is 26.1 Å². The van der Waals surface area contributed by atoms with Gasteiger partial charge in [0.1, 0.15) is 10.8 Å². The molecule has 3 N–H and O–H groups in total. The first kappa shape index (κ1) is 12.9. The Hall–Kier alpha value is -1.16. The van der Waals surface area contributed by atoms with Crippen molar-refractivity contribution in [1.82, 2.24) is 0 Å². The molecule has 0 bridgehead atoms. The van der Waals surface area contributed by atoms with Crippen molar-refractivity contribution in [1.29, 1.82) is 0 Å². The number of anilines is 1.